The van der Waals surface area contributed by atoms with Gasteiger partial charge in [0.05, 0.1) is 24.3 Å². The first-order valence-corrected chi connectivity index (χ1v) is 15.2. The summed E-state index contributed by atoms with van der Waals surface area (Å²) in [5.41, 5.74) is 0.115. The van der Waals surface area contributed by atoms with Crippen LogP contribution in [0.5, 0.6) is 0 Å². The Kier molecular flexibility index (Phi) is 15.7. The number of esters is 2. The lowest BCUT2D eigenvalue weighted by Gasteiger charge is -2.18. The van der Waals surface area contributed by atoms with Crippen molar-refractivity contribution in [3.05, 3.63) is 60.7 Å². The predicted octanol–water partition coefficient (Wildman–Crippen LogP) is 2.75. The molecule has 10 nitrogen and oxygen atoms in total. The normalized spacial score (nSPS) is 12.1. The first kappa shape index (κ1) is 31.0. The maximum absolute atomic E-state index is 12.9. The molecule has 0 N–H and O–H groups in total. The summed E-state index contributed by atoms with van der Waals surface area (Å²) in [5, 5.41) is 0. The third kappa shape index (κ3) is 12.1. The van der Waals surface area contributed by atoms with Crippen molar-refractivity contribution >= 4 is 42.4 Å². The van der Waals surface area contributed by atoms with Gasteiger partial charge in [0.2, 0.25) is 0 Å². The van der Waals surface area contributed by atoms with E-state index in [0.717, 1.165) is 12.2 Å². The van der Waals surface area contributed by atoms with E-state index in [1.807, 2.05) is 0 Å². The van der Waals surface area contributed by atoms with Crippen LogP contribution < -0.4 is 0 Å². The van der Waals surface area contributed by atoms with E-state index in [1.54, 1.807) is 26.0 Å². The fourth-order valence-corrected chi connectivity index (χ4v) is 6.07. The summed E-state index contributed by atoms with van der Waals surface area (Å²) in [6.45, 7) is 11.2. The van der Waals surface area contributed by atoms with Crippen LogP contribution in [0.25, 0.3) is 0 Å². The lowest BCUT2D eigenvalue weighted by atomic mass is 10.1. The smallest absolute Gasteiger partial charge is 0.385 e. The molecule has 0 saturated heterocycles. The average molecular weight is 539 g/mol. The van der Waals surface area contributed by atoms with Gasteiger partial charge in [-0.25, -0.2) is 19.2 Å². The summed E-state index contributed by atoms with van der Waals surface area (Å²) in [5.74, 6) is -2.44. The lowest BCUT2D eigenvalue weighted by molar-refractivity contribution is -0.138. The van der Waals surface area contributed by atoms with Gasteiger partial charge in [-0.2, -0.15) is 0 Å². The average Bonchev–Trinajstić information content (AvgIpc) is 2.88. The molecule has 0 bridgehead atoms. The molecule has 198 valence electrons. The largest absolute Gasteiger partial charge is 0.493 e. The van der Waals surface area contributed by atoms with E-state index in [0.29, 0.717) is 38.1 Å². The molecule has 0 radical (unpaired) electrons. The molecule has 2 unspecified atom stereocenters. The van der Waals surface area contributed by atoms with Crippen LogP contribution in [-0.4, -0.2) is 68.9 Å². The van der Waals surface area contributed by atoms with Crippen LogP contribution in [0, 0.1) is 0 Å². The second-order valence-electron chi connectivity index (χ2n) is 7.15. The summed E-state index contributed by atoms with van der Waals surface area (Å²) in [6.07, 6.45) is 3.06. The predicted molar refractivity (Wildman–Crippen MR) is 136 cm³/mol. The SMILES string of the molecule is C=CC(=O)OCCC[SiH](OCC)OC(=O)c1ccccc1C(=O)O[SiH](CCCOC(=O)C=C)OCC. The maximum atomic E-state index is 12.9. The molecule has 0 aromatic heterocycles. The summed E-state index contributed by atoms with van der Waals surface area (Å²) in [7, 11) is -4.88. The standard InChI is InChI=1S/C24H34O10Si2/c1-5-21(25)29-15-11-17-35(31-7-3)33-23(27)19-13-9-10-14-20(19)24(28)34-36(32-8-4)18-12-16-30-22(26)6-2/h5-6,9-10,13-14,35-36H,1-2,7-8,11-12,15-18H2,3-4H3. The highest BCUT2D eigenvalue weighted by atomic mass is 28.3. The Labute approximate surface area is 214 Å². The van der Waals surface area contributed by atoms with Crippen LogP contribution in [0.2, 0.25) is 12.1 Å². The minimum absolute atomic E-state index is 0.0574. The van der Waals surface area contributed by atoms with E-state index in [-0.39, 0.29) is 24.3 Å². The van der Waals surface area contributed by atoms with Crippen LogP contribution >= 0.6 is 0 Å². The van der Waals surface area contributed by atoms with E-state index in [2.05, 4.69) is 13.2 Å². The molecule has 1 rings (SSSR count). The van der Waals surface area contributed by atoms with Gasteiger partial charge in [-0.15, -0.1) is 0 Å². The van der Waals surface area contributed by atoms with Crippen molar-refractivity contribution in [2.45, 2.75) is 38.8 Å². The maximum Gasteiger partial charge on any atom is 0.385 e. The van der Waals surface area contributed by atoms with Crippen LogP contribution in [0.4, 0.5) is 0 Å². The number of rotatable bonds is 18. The molecule has 0 amide bonds. The Morgan fingerprint density at radius 1 is 0.750 bits per heavy atom. The summed E-state index contributed by atoms with van der Waals surface area (Å²) in [6, 6.07) is 7.04. The number of carbonyl (C=O) groups is 4. The monoisotopic (exact) mass is 538 g/mol. The van der Waals surface area contributed by atoms with E-state index >= 15 is 0 Å². The van der Waals surface area contributed by atoms with Gasteiger partial charge in [0.25, 0.3) is 0 Å². The lowest BCUT2D eigenvalue weighted by Crippen LogP contribution is -2.30. The number of hydrogen-bond acceptors (Lipinski definition) is 10. The number of hydrogen-bond donors (Lipinski definition) is 0. The van der Waals surface area contributed by atoms with Gasteiger partial charge in [0, 0.05) is 37.5 Å². The second kappa shape index (κ2) is 18.2. The zero-order valence-electron chi connectivity index (χ0n) is 20.8. The van der Waals surface area contributed by atoms with Crippen LogP contribution in [0.15, 0.2) is 49.6 Å². The molecule has 0 aliphatic heterocycles. The zero-order chi connectivity index (χ0) is 26.8. The van der Waals surface area contributed by atoms with E-state index < -0.39 is 42.4 Å². The topological polar surface area (TPSA) is 124 Å². The number of benzene rings is 1. The fraction of sp³-hybridized carbons (Fsp3) is 0.417. The highest BCUT2D eigenvalue weighted by molar-refractivity contribution is 6.48. The first-order chi connectivity index (χ1) is 17.4. The summed E-state index contributed by atoms with van der Waals surface area (Å²) in [4.78, 5) is 48.1. The van der Waals surface area contributed by atoms with Gasteiger partial charge < -0.3 is 27.2 Å². The molecular weight excluding hydrogens is 504 g/mol. The molecule has 0 spiro atoms. The Balaban J connectivity index is 2.79. The summed E-state index contributed by atoms with van der Waals surface area (Å²) >= 11 is 0. The van der Waals surface area contributed by atoms with Crippen molar-refractivity contribution < 1.29 is 46.4 Å². The molecule has 1 aromatic rings. The van der Waals surface area contributed by atoms with Crippen molar-refractivity contribution in [1.82, 2.24) is 0 Å². The number of ether oxygens (including phenoxy) is 2. The number of carbonyl (C=O) groups excluding carboxylic acids is 4. The molecular formula is C24H34O10Si2. The Morgan fingerprint density at radius 2 is 1.14 bits per heavy atom. The molecule has 36 heavy (non-hydrogen) atoms. The van der Waals surface area contributed by atoms with Crippen molar-refractivity contribution in [3.8, 4) is 0 Å². The third-order valence-corrected chi connectivity index (χ3v) is 8.66. The molecule has 0 fully saturated rings. The minimum Gasteiger partial charge on any atom is -0.493 e. The van der Waals surface area contributed by atoms with Crippen LogP contribution in [0.1, 0.15) is 47.4 Å². The molecule has 2 atom stereocenters. The van der Waals surface area contributed by atoms with Gasteiger partial charge in [-0.05, 0) is 38.8 Å². The van der Waals surface area contributed by atoms with Gasteiger partial charge >= 0.3 is 42.4 Å². The van der Waals surface area contributed by atoms with Crippen LogP contribution in [0.3, 0.4) is 0 Å². The Hall–Kier alpha value is -3.07. The fourth-order valence-electron chi connectivity index (χ4n) is 2.89. The van der Waals surface area contributed by atoms with Gasteiger partial charge in [0.15, 0.2) is 0 Å². The summed E-state index contributed by atoms with van der Waals surface area (Å²) < 4.78 is 32.3. The van der Waals surface area contributed by atoms with Gasteiger partial charge in [-0.1, -0.05) is 25.3 Å². The molecule has 12 heteroatoms. The van der Waals surface area contributed by atoms with Crippen LogP contribution in [-0.2, 0) is 36.8 Å². The van der Waals surface area contributed by atoms with E-state index in [1.165, 1.54) is 12.1 Å². The molecule has 0 aliphatic carbocycles. The molecule has 0 heterocycles. The Bertz CT molecular complexity index is 818. The zero-order valence-corrected chi connectivity index (χ0v) is 23.1. The quantitative estimate of drug-likeness (QED) is 0.0906. The van der Waals surface area contributed by atoms with E-state index in [9.17, 15) is 19.2 Å². The van der Waals surface area contributed by atoms with Crippen molar-refractivity contribution in [2.75, 3.05) is 26.4 Å². The first-order valence-electron chi connectivity index (χ1n) is 11.7. The Morgan fingerprint density at radius 3 is 1.47 bits per heavy atom. The molecule has 1 aromatic carbocycles. The highest BCUT2D eigenvalue weighted by Gasteiger charge is 2.26. The van der Waals surface area contributed by atoms with Crippen molar-refractivity contribution in [1.29, 1.82) is 0 Å². The minimum atomic E-state index is -2.44. The van der Waals surface area contributed by atoms with Gasteiger partial charge in [0.1, 0.15) is 0 Å². The highest BCUT2D eigenvalue weighted by Crippen LogP contribution is 2.16. The third-order valence-electron chi connectivity index (χ3n) is 4.54. The van der Waals surface area contributed by atoms with Crippen molar-refractivity contribution in [2.24, 2.45) is 0 Å². The molecule has 0 aliphatic rings. The second-order valence-corrected chi connectivity index (χ2v) is 11.2. The van der Waals surface area contributed by atoms with E-state index in [4.69, 9.17) is 27.2 Å². The molecule has 0 saturated carbocycles. The van der Waals surface area contributed by atoms with Gasteiger partial charge in [-0.3, -0.25) is 0 Å². The van der Waals surface area contributed by atoms with Crippen molar-refractivity contribution in [3.63, 3.8) is 0 Å².